The molecule has 2 aliphatic rings. The minimum atomic E-state index is -0.337. The summed E-state index contributed by atoms with van der Waals surface area (Å²) >= 11 is 0. The van der Waals surface area contributed by atoms with Gasteiger partial charge in [0, 0.05) is 24.3 Å². The van der Waals surface area contributed by atoms with Crippen molar-refractivity contribution in [3.63, 3.8) is 0 Å². The number of ether oxygens (including phenoxy) is 1. The van der Waals surface area contributed by atoms with Crippen molar-refractivity contribution in [2.45, 2.75) is 31.3 Å². The molecule has 1 aromatic heterocycles. The number of aryl methyl sites for hydroxylation is 1. The third kappa shape index (κ3) is 2.39. The summed E-state index contributed by atoms with van der Waals surface area (Å²) in [6.45, 7) is 5.10. The number of hydrogen-bond acceptors (Lipinski definition) is 6. The summed E-state index contributed by atoms with van der Waals surface area (Å²) in [5, 5.41) is 13.3. The SMILES string of the molecule is Cc1cncnc1NC[C@@]1(CO)COC[C@@H]2CCCN21. The van der Waals surface area contributed by atoms with Crippen LogP contribution in [0.1, 0.15) is 18.4 Å². The fraction of sp³-hybridized carbons (Fsp3) is 0.714. The van der Waals surface area contributed by atoms with E-state index in [9.17, 15) is 5.11 Å². The first-order valence-corrected chi connectivity index (χ1v) is 7.21. The number of hydrogen-bond donors (Lipinski definition) is 2. The van der Waals surface area contributed by atoms with Crippen molar-refractivity contribution in [2.24, 2.45) is 0 Å². The molecule has 6 heteroatoms. The number of rotatable bonds is 4. The minimum absolute atomic E-state index is 0.0978. The maximum atomic E-state index is 9.94. The highest BCUT2D eigenvalue weighted by atomic mass is 16.5. The van der Waals surface area contributed by atoms with Crippen molar-refractivity contribution in [1.82, 2.24) is 14.9 Å². The van der Waals surface area contributed by atoms with E-state index in [1.165, 1.54) is 12.7 Å². The maximum absolute atomic E-state index is 9.94. The van der Waals surface area contributed by atoms with Gasteiger partial charge in [0.2, 0.25) is 0 Å². The molecule has 0 amide bonds. The highest BCUT2D eigenvalue weighted by molar-refractivity contribution is 5.41. The Morgan fingerprint density at radius 2 is 2.50 bits per heavy atom. The van der Waals surface area contributed by atoms with Gasteiger partial charge in [-0.2, -0.15) is 0 Å². The normalized spacial score (nSPS) is 30.2. The fourth-order valence-electron chi connectivity index (χ4n) is 3.28. The van der Waals surface area contributed by atoms with Crippen LogP contribution in [-0.4, -0.2) is 64.5 Å². The molecule has 0 saturated carbocycles. The average Bonchev–Trinajstić information content (AvgIpc) is 2.96. The largest absolute Gasteiger partial charge is 0.394 e. The molecule has 0 bridgehead atoms. The van der Waals surface area contributed by atoms with Gasteiger partial charge < -0.3 is 15.2 Å². The van der Waals surface area contributed by atoms with Crippen LogP contribution >= 0.6 is 0 Å². The molecule has 0 aromatic carbocycles. The molecule has 3 heterocycles. The predicted octanol–water partition coefficient (Wildman–Crippen LogP) is 0.423. The van der Waals surface area contributed by atoms with Crippen molar-refractivity contribution in [1.29, 1.82) is 0 Å². The van der Waals surface area contributed by atoms with Gasteiger partial charge >= 0.3 is 0 Å². The number of fused-ring (bicyclic) bond motifs is 1. The van der Waals surface area contributed by atoms with E-state index in [1.54, 1.807) is 6.20 Å². The first-order valence-electron chi connectivity index (χ1n) is 7.21. The quantitative estimate of drug-likeness (QED) is 0.832. The Kier molecular flexibility index (Phi) is 3.87. The van der Waals surface area contributed by atoms with Crippen molar-refractivity contribution < 1.29 is 9.84 Å². The van der Waals surface area contributed by atoms with E-state index in [4.69, 9.17) is 4.74 Å². The van der Waals surface area contributed by atoms with Crippen LogP contribution in [0.15, 0.2) is 12.5 Å². The zero-order valence-electron chi connectivity index (χ0n) is 11.9. The lowest BCUT2D eigenvalue weighted by Crippen LogP contribution is -2.64. The Labute approximate surface area is 119 Å². The molecule has 6 nitrogen and oxygen atoms in total. The van der Waals surface area contributed by atoms with Gasteiger partial charge in [0.25, 0.3) is 0 Å². The molecule has 0 aliphatic carbocycles. The number of aliphatic hydroxyl groups excluding tert-OH is 1. The molecular formula is C14H22N4O2. The smallest absolute Gasteiger partial charge is 0.132 e. The second-order valence-electron chi connectivity index (χ2n) is 5.79. The van der Waals surface area contributed by atoms with E-state index in [0.29, 0.717) is 19.2 Å². The lowest BCUT2D eigenvalue weighted by Gasteiger charge is -2.47. The van der Waals surface area contributed by atoms with Gasteiger partial charge in [-0.05, 0) is 26.3 Å². The van der Waals surface area contributed by atoms with Crippen LogP contribution < -0.4 is 5.32 Å². The lowest BCUT2D eigenvalue weighted by molar-refractivity contribution is -0.101. The monoisotopic (exact) mass is 278 g/mol. The molecule has 2 atom stereocenters. The van der Waals surface area contributed by atoms with E-state index < -0.39 is 0 Å². The van der Waals surface area contributed by atoms with Gasteiger partial charge in [0.1, 0.15) is 12.1 Å². The molecule has 1 aromatic rings. The molecule has 0 radical (unpaired) electrons. The van der Waals surface area contributed by atoms with Gasteiger partial charge in [0.15, 0.2) is 0 Å². The number of aromatic nitrogens is 2. The summed E-state index contributed by atoms with van der Waals surface area (Å²) in [4.78, 5) is 10.7. The molecule has 20 heavy (non-hydrogen) atoms. The first kappa shape index (κ1) is 13.7. The van der Waals surface area contributed by atoms with E-state index in [-0.39, 0.29) is 12.1 Å². The van der Waals surface area contributed by atoms with E-state index in [0.717, 1.165) is 31.0 Å². The standard InChI is InChI=1S/C14H22N4O2/c1-11-5-15-10-17-13(11)16-7-14(8-19)9-20-6-12-3-2-4-18(12)14/h5,10,12,19H,2-4,6-9H2,1H3,(H,15,16,17)/t12-,14+/m0/s1. The number of nitrogens with one attached hydrogen (secondary N) is 1. The van der Waals surface area contributed by atoms with Crippen LogP contribution in [0.4, 0.5) is 5.82 Å². The number of nitrogens with zero attached hydrogens (tertiary/aromatic N) is 3. The molecule has 2 saturated heterocycles. The van der Waals surface area contributed by atoms with E-state index in [1.807, 2.05) is 6.92 Å². The van der Waals surface area contributed by atoms with E-state index in [2.05, 4.69) is 20.2 Å². The lowest BCUT2D eigenvalue weighted by atomic mass is 9.96. The minimum Gasteiger partial charge on any atom is -0.394 e. The third-order valence-corrected chi connectivity index (χ3v) is 4.44. The second-order valence-corrected chi connectivity index (χ2v) is 5.79. The number of anilines is 1. The number of morpholine rings is 1. The Bertz CT molecular complexity index is 470. The Morgan fingerprint density at radius 1 is 1.60 bits per heavy atom. The molecule has 2 aliphatic heterocycles. The van der Waals surface area contributed by atoms with Gasteiger partial charge in [-0.3, -0.25) is 4.90 Å². The van der Waals surface area contributed by atoms with Crippen molar-refractivity contribution in [3.8, 4) is 0 Å². The summed E-state index contributed by atoms with van der Waals surface area (Å²) in [7, 11) is 0. The molecule has 110 valence electrons. The maximum Gasteiger partial charge on any atom is 0.132 e. The van der Waals surface area contributed by atoms with Crippen LogP contribution in [0.2, 0.25) is 0 Å². The second kappa shape index (κ2) is 5.63. The van der Waals surface area contributed by atoms with Crippen molar-refractivity contribution >= 4 is 5.82 Å². The molecule has 0 unspecified atom stereocenters. The molecule has 2 N–H and O–H groups in total. The van der Waals surface area contributed by atoms with Crippen LogP contribution in [0.5, 0.6) is 0 Å². The topological polar surface area (TPSA) is 70.5 Å². The summed E-state index contributed by atoms with van der Waals surface area (Å²) in [6.07, 6.45) is 5.67. The Morgan fingerprint density at radius 3 is 3.30 bits per heavy atom. The summed E-state index contributed by atoms with van der Waals surface area (Å²) in [6, 6.07) is 0.448. The van der Waals surface area contributed by atoms with Crippen LogP contribution in [0.25, 0.3) is 0 Å². The molecule has 3 rings (SSSR count). The highest BCUT2D eigenvalue weighted by Gasteiger charge is 2.45. The van der Waals surface area contributed by atoms with Crippen LogP contribution in [0, 0.1) is 6.92 Å². The van der Waals surface area contributed by atoms with Crippen LogP contribution in [-0.2, 0) is 4.74 Å². The number of aliphatic hydroxyl groups is 1. The first-order chi connectivity index (χ1) is 9.75. The summed E-state index contributed by atoms with van der Waals surface area (Å²) in [5.74, 6) is 0.828. The van der Waals surface area contributed by atoms with Crippen molar-refractivity contribution in [2.75, 3.05) is 38.2 Å². The third-order valence-electron chi connectivity index (χ3n) is 4.44. The fourth-order valence-corrected chi connectivity index (χ4v) is 3.28. The zero-order chi connectivity index (χ0) is 14.0. The van der Waals surface area contributed by atoms with Gasteiger partial charge in [0.05, 0.1) is 25.4 Å². The van der Waals surface area contributed by atoms with Gasteiger partial charge in [-0.1, -0.05) is 0 Å². The molecule has 0 spiro atoms. The Balaban J connectivity index is 1.74. The zero-order valence-corrected chi connectivity index (χ0v) is 11.9. The van der Waals surface area contributed by atoms with Gasteiger partial charge in [-0.25, -0.2) is 9.97 Å². The van der Waals surface area contributed by atoms with Crippen molar-refractivity contribution in [3.05, 3.63) is 18.1 Å². The predicted molar refractivity (Wildman–Crippen MR) is 75.6 cm³/mol. The summed E-state index contributed by atoms with van der Waals surface area (Å²) < 4.78 is 5.73. The van der Waals surface area contributed by atoms with Gasteiger partial charge in [-0.15, -0.1) is 0 Å². The summed E-state index contributed by atoms with van der Waals surface area (Å²) in [5.41, 5.74) is 0.673. The molecular weight excluding hydrogens is 256 g/mol. The van der Waals surface area contributed by atoms with E-state index >= 15 is 0 Å². The highest BCUT2D eigenvalue weighted by Crippen LogP contribution is 2.31. The molecule has 2 fully saturated rings. The Hall–Kier alpha value is -1.24. The van der Waals surface area contributed by atoms with Crippen LogP contribution in [0.3, 0.4) is 0 Å². The average molecular weight is 278 g/mol.